The second-order valence-electron chi connectivity index (χ2n) is 11.0. The molecule has 0 radical (unpaired) electrons. The summed E-state index contributed by atoms with van der Waals surface area (Å²) in [4.78, 5) is 4.04. The molecule has 0 unspecified atom stereocenters. The van der Waals surface area contributed by atoms with Gasteiger partial charge in [-0.05, 0) is 42.3 Å². The topological polar surface area (TPSA) is 132 Å². The van der Waals surface area contributed by atoms with Crippen molar-refractivity contribution >= 4 is 31.3 Å². The summed E-state index contributed by atoms with van der Waals surface area (Å²) in [6.07, 6.45) is 19.8. The molecule has 1 aromatic heterocycles. The van der Waals surface area contributed by atoms with E-state index in [2.05, 4.69) is 11.9 Å². The summed E-state index contributed by atoms with van der Waals surface area (Å²) in [5, 5.41) is 0. The van der Waals surface area contributed by atoms with Gasteiger partial charge in [-0.2, -0.15) is 0 Å². The van der Waals surface area contributed by atoms with Crippen LogP contribution in [0.5, 0.6) is 0 Å². The van der Waals surface area contributed by atoms with Gasteiger partial charge in [-0.3, -0.25) is 0 Å². The van der Waals surface area contributed by atoms with Gasteiger partial charge in [0.25, 0.3) is 0 Å². The molecule has 0 N–H and O–H groups in total. The van der Waals surface area contributed by atoms with Crippen LogP contribution in [0.2, 0.25) is 0 Å². The van der Waals surface area contributed by atoms with Crippen molar-refractivity contribution in [3.05, 3.63) is 53.9 Å². The first-order valence-corrected chi connectivity index (χ1v) is 17.9. The van der Waals surface area contributed by atoms with Gasteiger partial charge in [-0.25, -0.2) is 21.8 Å². The molecule has 0 saturated carbocycles. The third-order valence-corrected chi connectivity index (χ3v) is 9.32. The van der Waals surface area contributed by atoms with Crippen molar-refractivity contribution in [3.8, 4) is 0 Å². The Morgan fingerprint density at radius 2 is 1.07 bits per heavy atom. The number of aryl methyl sites for hydroxylation is 1. The van der Waals surface area contributed by atoms with Crippen molar-refractivity contribution in [3.63, 3.8) is 0 Å². The van der Waals surface area contributed by atoms with Crippen LogP contribution in [0, 0.1) is 0 Å². The van der Waals surface area contributed by atoms with Gasteiger partial charge in [0.1, 0.15) is 26.1 Å². The molecule has 0 saturated heterocycles. The van der Waals surface area contributed by atoms with Crippen molar-refractivity contribution in [2.45, 2.75) is 126 Å². The standard InChI is InChI=1S/C31H46N2O6S2.2Na/c1-2-3-4-5-6-7-8-9-10-11-12-13-14-15-16-17-31-32-29-24-28(41(37,38)39)22-23-30(29)33(31)25-26-18-20-27(21-19-26)40(34,35)36;;/h18-24H,2-17,25H2,1H3,(H,34,35,36)(H,37,38,39);;/q;2*+1/p-2. The Morgan fingerprint density at radius 3 is 1.53 bits per heavy atom. The maximum absolute atomic E-state index is 11.5. The fraction of sp³-hybridized carbons (Fsp3) is 0.581. The second kappa shape index (κ2) is 20.8. The number of unbranched alkanes of at least 4 members (excludes halogenated alkanes) is 14. The van der Waals surface area contributed by atoms with E-state index in [0.29, 0.717) is 24.0 Å². The Bertz CT molecular complexity index is 1440. The van der Waals surface area contributed by atoms with Crippen LogP contribution in [0.1, 0.15) is 115 Å². The summed E-state index contributed by atoms with van der Waals surface area (Å²) >= 11 is 0. The molecule has 43 heavy (non-hydrogen) atoms. The molecule has 2 aromatic carbocycles. The molecule has 12 heteroatoms. The van der Waals surface area contributed by atoms with Gasteiger partial charge < -0.3 is 13.7 Å². The van der Waals surface area contributed by atoms with Crippen LogP contribution in [-0.2, 0) is 33.2 Å². The molecule has 0 spiro atoms. The van der Waals surface area contributed by atoms with Crippen molar-refractivity contribution in [2.75, 3.05) is 0 Å². The molecule has 3 aromatic rings. The van der Waals surface area contributed by atoms with Crippen molar-refractivity contribution in [2.24, 2.45) is 0 Å². The average Bonchev–Trinajstić information content (AvgIpc) is 3.26. The number of rotatable bonds is 20. The van der Waals surface area contributed by atoms with Gasteiger partial charge in [0, 0.05) is 13.0 Å². The zero-order valence-corrected chi connectivity index (χ0v) is 31.9. The minimum absolute atomic E-state index is 0. The number of benzene rings is 2. The molecule has 8 nitrogen and oxygen atoms in total. The van der Waals surface area contributed by atoms with Gasteiger partial charge in [-0.15, -0.1) is 0 Å². The van der Waals surface area contributed by atoms with Crippen LogP contribution < -0.4 is 59.1 Å². The van der Waals surface area contributed by atoms with Crippen molar-refractivity contribution < 1.29 is 85.1 Å². The van der Waals surface area contributed by atoms with Crippen LogP contribution in [0.3, 0.4) is 0 Å². The van der Waals surface area contributed by atoms with E-state index in [0.717, 1.165) is 30.7 Å². The van der Waals surface area contributed by atoms with Crippen LogP contribution in [0.25, 0.3) is 11.0 Å². The Labute approximate surface area is 302 Å². The maximum Gasteiger partial charge on any atom is 1.00 e. The monoisotopic (exact) mass is 650 g/mol. The Balaban J connectivity index is 0.00000462. The number of hydrogen-bond acceptors (Lipinski definition) is 7. The van der Waals surface area contributed by atoms with Gasteiger partial charge >= 0.3 is 59.1 Å². The van der Waals surface area contributed by atoms with E-state index >= 15 is 0 Å². The molecule has 0 bridgehead atoms. The molecule has 228 valence electrons. The molecular weight excluding hydrogens is 606 g/mol. The van der Waals surface area contributed by atoms with E-state index in [-0.39, 0.29) is 68.9 Å². The van der Waals surface area contributed by atoms with Crippen LogP contribution >= 0.6 is 0 Å². The minimum Gasteiger partial charge on any atom is -0.744 e. The first-order chi connectivity index (χ1) is 19.6. The number of aromatic nitrogens is 2. The van der Waals surface area contributed by atoms with Gasteiger partial charge in [-0.1, -0.05) is 109 Å². The molecule has 0 atom stereocenters. The van der Waals surface area contributed by atoms with Gasteiger partial charge in [0.05, 0.1) is 20.8 Å². The summed E-state index contributed by atoms with van der Waals surface area (Å²) in [6, 6.07) is 9.92. The Hall–Kier alpha value is -0.270. The summed E-state index contributed by atoms with van der Waals surface area (Å²) < 4.78 is 70.4. The summed E-state index contributed by atoms with van der Waals surface area (Å²) in [7, 11) is -9.14. The maximum atomic E-state index is 11.5. The summed E-state index contributed by atoms with van der Waals surface area (Å²) in [5.74, 6) is 0.774. The molecule has 0 amide bonds. The predicted octanol–water partition coefficient (Wildman–Crippen LogP) is 1.31. The molecule has 0 fully saturated rings. The zero-order chi connectivity index (χ0) is 29.7. The van der Waals surface area contributed by atoms with Gasteiger partial charge in [0.2, 0.25) is 0 Å². The molecule has 3 rings (SSSR count). The number of imidazole rings is 1. The Morgan fingerprint density at radius 1 is 0.628 bits per heavy atom. The van der Waals surface area contributed by atoms with Crippen molar-refractivity contribution in [1.29, 1.82) is 0 Å². The molecule has 1 heterocycles. The third kappa shape index (κ3) is 14.4. The van der Waals surface area contributed by atoms with Crippen LogP contribution in [-0.4, -0.2) is 35.5 Å². The van der Waals surface area contributed by atoms with Crippen LogP contribution in [0.15, 0.2) is 52.3 Å². The van der Waals surface area contributed by atoms with Gasteiger partial charge in [0.15, 0.2) is 0 Å². The third-order valence-electron chi connectivity index (χ3n) is 7.64. The Kier molecular flexibility index (Phi) is 19.7. The van der Waals surface area contributed by atoms with E-state index in [1.54, 1.807) is 18.2 Å². The van der Waals surface area contributed by atoms with Crippen LogP contribution in [0.4, 0.5) is 0 Å². The largest absolute Gasteiger partial charge is 1.00 e. The fourth-order valence-electron chi connectivity index (χ4n) is 5.28. The number of nitrogens with zero attached hydrogens (tertiary/aromatic N) is 2. The quantitative estimate of drug-likeness (QED) is 0.102. The first kappa shape index (κ1) is 40.8. The van der Waals surface area contributed by atoms with E-state index in [9.17, 15) is 25.9 Å². The second-order valence-corrected chi connectivity index (χ2v) is 13.8. The zero-order valence-electron chi connectivity index (χ0n) is 26.2. The molecule has 0 aliphatic rings. The van der Waals surface area contributed by atoms with E-state index in [4.69, 9.17) is 0 Å². The summed E-state index contributed by atoms with van der Waals surface area (Å²) in [5.41, 5.74) is 1.89. The van der Waals surface area contributed by atoms with E-state index in [1.807, 2.05) is 4.57 Å². The van der Waals surface area contributed by atoms with E-state index < -0.39 is 20.2 Å². The smallest absolute Gasteiger partial charge is 0.744 e. The average molecular weight is 651 g/mol. The molecule has 0 aliphatic heterocycles. The summed E-state index contributed by atoms with van der Waals surface area (Å²) in [6.45, 7) is 2.62. The molecule has 0 aliphatic carbocycles. The predicted molar refractivity (Wildman–Crippen MR) is 160 cm³/mol. The fourth-order valence-corrected chi connectivity index (χ4v) is 6.24. The SMILES string of the molecule is CCCCCCCCCCCCCCCCCc1nc2cc(S(=O)(=O)[O-])ccc2n1Cc1ccc(S(=O)(=O)[O-])cc1.[Na+].[Na+]. The normalized spacial score (nSPS) is 11.8. The van der Waals surface area contributed by atoms with E-state index in [1.165, 1.54) is 101 Å². The first-order valence-electron chi connectivity index (χ1n) is 15.1. The minimum atomic E-state index is -4.60. The van der Waals surface area contributed by atoms with Crippen molar-refractivity contribution in [1.82, 2.24) is 9.55 Å². The molecular formula is C31H44N2Na2O6S2. The number of hydrogen-bond donors (Lipinski definition) is 0. The number of fused-ring (bicyclic) bond motifs is 1.